The van der Waals surface area contributed by atoms with Gasteiger partial charge >= 0.3 is 0 Å². The molecule has 0 spiro atoms. The van der Waals surface area contributed by atoms with Gasteiger partial charge in [0.05, 0.1) is 10.6 Å². The van der Waals surface area contributed by atoms with Crippen LogP contribution in [0, 0.1) is 0 Å². The number of fused-ring (bicyclic) bond motifs is 1. The molecule has 2 heterocycles. The Hall–Kier alpha value is -3.44. The third-order valence-corrected chi connectivity index (χ3v) is 7.28. The van der Waals surface area contributed by atoms with Gasteiger partial charge in [-0.05, 0) is 70.6 Å². The molecule has 5 rings (SSSR count). The fourth-order valence-corrected chi connectivity index (χ4v) is 5.49. The van der Waals surface area contributed by atoms with Gasteiger partial charge in [-0.15, -0.1) is 0 Å². The minimum atomic E-state index is -3.64. The number of rotatable bonds is 4. The monoisotopic (exact) mass is 412 g/mol. The highest BCUT2D eigenvalue weighted by Crippen LogP contribution is 2.36. The highest BCUT2D eigenvalue weighted by Gasteiger charge is 2.31. The van der Waals surface area contributed by atoms with Crippen LogP contribution in [0.4, 0.5) is 5.69 Å². The molecule has 0 fully saturated rings. The standard InChI is InChI=1S/C25H20N2O2S/c28-30(29,24-8-4-7-21(18-24)19-5-2-1-3-6-19)27-16-13-23-17-22(9-10-25(23)27)20-11-14-26-15-12-20/h1-12,14-15,17-18H,13,16H2. The number of aromatic nitrogens is 1. The molecule has 30 heavy (non-hydrogen) atoms. The summed E-state index contributed by atoms with van der Waals surface area (Å²) in [4.78, 5) is 4.38. The molecule has 0 amide bonds. The Morgan fingerprint density at radius 1 is 0.700 bits per heavy atom. The first kappa shape index (κ1) is 18.6. The van der Waals surface area contributed by atoms with E-state index in [4.69, 9.17) is 0 Å². The van der Waals surface area contributed by atoms with E-state index in [0.29, 0.717) is 17.9 Å². The Morgan fingerprint density at radius 3 is 2.20 bits per heavy atom. The fourth-order valence-electron chi connectivity index (χ4n) is 3.94. The van der Waals surface area contributed by atoms with Gasteiger partial charge in [0.25, 0.3) is 10.0 Å². The zero-order chi connectivity index (χ0) is 20.6. The lowest BCUT2D eigenvalue weighted by molar-refractivity contribution is 0.592. The Balaban J connectivity index is 1.50. The molecule has 1 aliphatic rings. The first-order valence-corrected chi connectivity index (χ1v) is 11.3. The Bertz CT molecular complexity index is 1300. The van der Waals surface area contributed by atoms with Crippen LogP contribution in [0.5, 0.6) is 0 Å². The van der Waals surface area contributed by atoms with Crippen LogP contribution >= 0.6 is 0 Å². The molecule has 3 aromatic carbocycles. The second-order valence-electron chi connectivity index (χ2n) is 7.30. The predicted molar refractivity (Wildman–Crippen MR) is 120 cm³/mol. The smallest absolute Gasteiger partial charge is 0.264 e. The van der Waals surface area contributed by atoms with E-state index < -0.39 is 10.0 Å². The first-order chi connectivity index (χ1) is 14.6. The Kier molecular flexibility index (Phi) is 4.60. The molecule has 4 aromatic rings. The number of benzene rings is 3. The van der Waals surface area contributed by atoms with Crippen LogP contribution < -0.4 is 4.31 Å². The van der Waals surface area contributed by atoms with Gasteiger partial charge in [-0.1, -0.05) is 48.5 Å². The van der Waals surface area contributed by atoms with Crippen LogP contribution in [-0.2, 0) is 16.4 Å². The summed E-state index contributed by atoms with van der Waals surface area (Å²) in [5, 5.41) is 0. The van der Waals surface area contributed by atoms with Crippen molar-refractivity contribution in [3.05, 3.63) is 103 Å². The highest BCUT2D eigenvalue weighted by molar-refractivity contribution is 7.92. The summed E-state index contributed by atoms with van der Waals surface area (Å²) in [6.45, 7) is 0.451. The molecule has 148 valence electrons. The summed E-state index contributed by atoms with van der Waals surface area (Å²) >= 11 is 0. The van der Waals surface area contributed by atoms with Crippen molar-refractivity contribution in [2.24, 2.45) is 0 Å². The van der Waals surface area contributed by atoms with Gasteiger partial charge < -0.3 is 0 Å². The summed E-state index contributed by atoms with van der Waals surface area (Å²) in [5.41, 5.74) is 5.85. The molecule has 4 nitrogen and oxygen atoms in total. The first-order valence-electron chi connectivity index (χ1n) is 9.84. The van der Waals surface area contributed by atoms with Crippen molar-refractivity contribution < 1.29 is 8.42 Å². The molecule has 0 N–H and O–H groups in total. The van der Waals surface area contributed by atoms with Gasteiger partial charge in [-0.25, -0.2) is 8.42 Å². The van der Waals surface area contributed by atoms with E-state index in [2.05, 4.69) is 11.1 Å². The molecule has 1 aromatic heterocycles. The molecule has 1 aliphatic heterocycles. The number of sulfonamides is 1. The lowest BCUT2D eigenvalue weighted by Crippen LogP contribution is -2.29. The maximum Gasteiger partial charge on any atom is 0.264 e. The topological polar surface area (TPSA) is 50.3 Å². The van der Waals surface area contributed by atoms with Crippen molar-refractivity contribution in [1.82, 2.24) is 4.98 Å². The molecule has 0 radical (unpaired) electrons. The molecular weight excluding hydrogens is 392 g/mol. The normalized spacial score (nSPS) is 13.3. The largest absolute Gasteiger partial charge is 0.266 e. The maximum absolute atomic E-state index is 13.5. The number of hydrogen-bond acceptors (Lipinski definition) is 3. The van der Waals surface area contributed by atoms with Gasteiger partial charge in [0.1, 0.15) is 0 Å². The van der Waals surface area contributed by atoms with E-state index in [-0.39, 0.29) is 0 Å². The lowest BCUT2D eigenvalue weighted by atomic mass is 10.0. The zero-order valence-corrected chi connectivity index (χ0v) is 17.1. The van der Waals surface area contributed by atoms with Crippen molar-refractivity contribution in [2.75, 3.05) is 10.8 Å². The van der Waals surface area contributed by atoms with Gasteiger partial charge in [0.2, 0.25) is 0 Å². The Morgan fingerprint density at radius 2 is 1.40 bits per heavy atom. The van der Waals surface area contributed by atoms with Crippen LogP contribution in [0.15, 0.2) is 102 Å². The molecule has 0 unspecified atom stereocenters. The molecule has 0 atom stereocenters. The summed E-state index contributed by atoms with van der Waals surface area (Å²) in [7, 11) is -3.64. The van der Waals surface area contributed by atoms with Crippen molar-refractivity contribution >= 4 is 15.7 Å². The SMILES string of the molecule is O=S(=O)(c1cccc(-c2ccccc2)c1)N1CCc2cc(-c3ccncc3)ccc21. The average molecular weight is 413 g/mol. The molecule has 0 aliphatic carbocycles. The van der Waals surface area contributed by atoms with Gasteiger partial charge in [0.15, 0.2) is 0 Å². The summed E-state index contributed by atoms with van der Waals surface area (Å²) < 4.78 is 28.4. The quantitative estimate of drug-likeness (QED) is 0.465. The minimum Gasteiger partial charge on any atom is -0.266 e. The van der Waals surface area contributed by atoms with Crippen molar-refractivity contribution in [2.45, 2.75) is 11.3 Å². The molecule has 0 bridgehead atoms. The zero-order valence-electron chi connectivity index (χ0n) is 16.3. The predicted octanol–water partition coefficient (Wildman–Crippen LogP) is 5.17. The van der Waals surface area contributed by atoms with E-state index in [1.54, 1.807) is 30.6 Å². The number of nitrogens with zero attached hydrogens (tertiary/aromatic N) is 2. The van der Waals surface area contributed by atoms with Crippen LogP contribution in [-0.4, -0.2) is 19.9 Å². The van der Waals surface area contributed by atoms with Crippen LogP contribution in [0.3, 0.4) is 0 Å². The molecule has 5 heteroatoms. The van der Waals surface area contributed by atoms with Crippen LogP contribution in [0.2, 0.25) is 0 Å². The summed E-state index contributed by atoms with van der Waals surface area (Å²) in [6, 6.07) is 26.9. The van der Waals surface area contributed by atoms with Crippen molar-refractivity contribution in [3.63, 3.8) is 0 Å². The summed E-state index contributed by atoms with van der Waals surface area (Å²) in [5.74, 6) is 0. The van der Waals surface area contributed by atoms with E-state index in [9.17, 15) is 8.42 Å². The second kappa shape index (κ2) is 7.43. The van der Waals surface area contributed by atoms with E-state index in [1.165, 1.54) is 4.31 Å². The molecular formula is C25H20N2O2S. The van der Waals surface area contributed by atoms with Crippen molar-refractivity contribution in [3.8, 4) is 22.3 Å². The van der Waals surface area contributed by atoms with E-state index >= 15 is 0 Å². The fraction of sp³-hybridized carbons (Fsp3) is 0.0800. The second-order valence-corrected chi connectivity index (χ2v) is 9.16. The van der Waals surface area contributed by atoms with Gasteiger partial charge in [-0.2, -0.15) is 0 Å². The van der Waals surface area contributed by atoms with E-state index in [0.717, 1.165) is 33.5 Å². The van der Waals surface area contributed by atoms with Crippen LogP contribution in [0.25, 0.3) is 22.3 Å². The third-order valence-electron chi connectivity index (χ3n) is 5.48. The molecule has 0 saturated heterocycles. The summed E-state index contributed by atoms with van der Waals surface area (Å²) in [6.07, 6.45) is 4.23. The average Bonchev–Trinajstić information content (AvgIpc) is 3.24. The Labute approximate surface area is 176 Å². The lowest BCUT2D eigenvalue weighted by Gasteiger charge is -2.20. The van der Waals surface area contributed by atoms with Gasteiger partial charge in [-0.3, -0.25) is 9.29 Å². The van der Waals surface area contributed by atoms with Gasteiger partial charge in [0, 0.05) is 18.9 Å². The molecule has 0 saturated carbocycles. The van der Waals surface area contributed by atoms with Crippen LogP contribution in [0.1, 0.15) is 5.56 Å². The number of pyridine rings is 1. The van der Waals surface area contributed by atoms with E-state index in [1.807, 2.05) is 60.7 Å². The van der Waals surface area contributed by atoms with Crippen molar-refractivity contribution in [1.29, 1.82) is 0 Å². The number of hydrogen-bond donors (Lipinski definition) is 0. The minimum absolute atomic E-state index is 0.315. The maximum atomic E-state index is 13.5. The third kappa shape index (κ3) is 3.27. The highest BCUT2D eigenvalue weighted by atomic mass is 32.2. The number of anilines is 1.